The van der Waals surface area contributed by atoms with Gasteiger partial charge in [0.1, 0.15) is 11.4 Å². The van der Waals surface area contributed by atoms with Crippen LogP contribution < -0.4 is 5.73 Å². The first-order valence-corrected chi connectivity index (χ1v) is 4.21. The quantitative estimate of drug-likeness (QED) is 0.662. The van der Waals surface area contributed by atoms with Crippen molar-refractivity contribution in [3.63, 3.8) is 0 Å². The highest BCUT2D eigenvalue weighted by Gasteiger charge is 2.16. The summed E-state index contributed by atoms with van der Waals surface area (Å²) >= 11 is 0. The first-order valence-electron chi connectivity index (χ1n) is 4.21. The second-order valence-electron chi connectivity index (χ2n) is 3.51. The Kier molecular flexibility index (Phi) is 2.60. The lowest BCUT2D eigenvalue weighted by atomic mass is 10.0. The van der Waals surface area contributed by atoms with Crippen LogP contribution in [0.4, 0.5) is 5.82 Å². The number of aromatic carboxylic acids is 1. The van der Waals surface area contributed by atoms with Crippen LogP contribution in [-0.4, -0.2) is 16.1 Å². The van der Waals surface area contributed by atoms with Crippen molar-refractivity contribution in [2.24, 2.45) is 5.92 Å². The predicted molar refractivity (Wildman–Crippen MR) is 50.7 cm³/mol. The van der Waals surface area contributed by atoms with Crippen molar-refractivity contribution < 1.29 is 9.90 Å². The van der Waals surface area contributed by atoms with Gasteiger partial charge in [0.05, 0.1) is 0 Å². The number of nitrogens with one attached hydrogen (secondary N) is 1. The minimum atomic E-state index is -0.964. The molecule has 4 N–H and O–H groups in total. The molecule has 72 valence electrons. The van der Waals surface area contributed by atoms with Crippen LogP contribution in [0.25, 0.3) is 0 Å². The maximum atomic E-state index is 10.8. The Labute approximate surface area is 76.8 Å². The molecule has 0 spiro atoms. The predicted octanol–water partition coefficient (Wildman–Crippen LogP) is 1.49. The van der Waals surface area contributed by atoms with Gasteiger partial charge in [0, 0.05) is 6.20 Å². The van der Waals surface area contributed by atoms with Crippen LogP contribution in [0.5, 0.6) is 0 Å². The Morgan fingerprint density at radius 2 is 2.31 bits per heavy atom. The van der Waals surface area contributed by atoms with Gasteiger partial charge < -0.3 is 15.8 Å². The standard InChI is InChI=1S/C9H14N2O2/c1-5(2)3-6-4-11-8(10)7(6)9(12)13/h4-5,11H,3,10H2,1-2H3,(H,12,13). The molecule has 1 aromatic rings. The maximum absolute atomic E-state index is 10.8. The first kappa shape index (κ1) is 9.64. The molecule has 1 aromatic heterocycles. The van der Waals surface area contributed by atoms with Crippen molar-refractivity contribution in [3.8, 4) is 0 Å². The van der Waals surface area contributed by atoms with E-state index in [1.54, 1.807) is 6.20 Å². The Balaban J connectivity index is 3.00. The molecule has 0 saturated heterocycles. The van der Waals surface area contributed by atoms with Gasteiger partial charge in [-0.25, -0.2) is 4.79 Å². The molecule has 0 unspecified atom stereocenters. The second-order valence-corrected chi connectivity index (χ2v) is 3.51. The van der Waals surface area contributed by atoms with E-state index in [0.717, 1.165) is 12.0 Å². The summed E-state index contributed by atoms with van der Waals surface area (Å²) in [7, 11) is 0. The second kappa shape index (κ2) is 3.51. The normalized spacial score (nSPS) is 10.7. The van der Waals surface area contributed by atoms with Crippen LogP contribution >= 0.6 is 0 Å². The van der Waals surface area contributed by atoms with Crippen LogP contribution in [0.2, 0.25) is 0 Å². The molecule has 1 heterocycles. The summed E-state index contributed by atoms with van der Waals surface area (Å²) in [5, 5.41) is 8.85. The molecule has 0 aliphatic carbocycles. The average Bonchev–Trinajstić information content (AvgIpc) is 2.30. The number of H-pyrrole nitrogens is 1. The fourth-order valence-corrected chi connectivity index (χ4v) is 1.34. The smallest absolute Gasteiger partial charge is 0.339 e. The van der Waals surface area contributed by atoms with E-state index in [4.69, 9.17) is 10.8 Å². The summed E-state index contributed by atoms with van der Waals surface area (Å²) in [6.07, 6.45) is 2.40. The molecule has 0 radical (unpaired) electrons. The number of rotatable bonds is 3. The van der Waals surface area contributed by atoms with Gasteiger partial charge in [-0.2, -0.15) is 0 Å². The first-order chi connectivity index (χ1) is 6.02. The van der Waals surface area contributed by atoms with E-state index in [9.17, 15) is 4.79 Å². The Morgan fingerprint density at radius 3 is 2.77 bits per heavy atom. The van der Waals surface area contributed by atoms with Crippen LogP contribution in [0.1, 0.15) is 29.8 Å². The van der Waals surface area contributed by atoms with E-state index in [-0.39, 0.29) is 11.4 Å². The zero-order valence-electron chi connectivity index (χ0n) is 7.79. The SMILES string of the molecule is CC(C)Cc1c[nH]c(N)c1C(=O)O. The lowest BCUT2D eigenvalue weighted by Gasteiger charge is -2.03. The number of hydrogen-bond donors (Lipinski definition) is 3. The summed E-state index contributed by atoms with van der Waals surface area (Å²) in [5.74, 6) is -0.300. The molecule has 0 fully saturated rings. The Hall–Kier alpha value is -1.45. The third kappa shape index (κ3) is 2.02. The summed E-state index contributed by atoms with van der Waals surface area (Å²) in [6, 6.07) is 0. The largest absolute Gasteiger partial charge is 0.478 e. The number of hydrogen-bond acceptors (Lipinski definition) is 2. The summed E-state index contributed by atoms with van der Waals surface area (Å²) < 4.78 is 0. The van der Waals surface area contributed by atoms with E-state index in [1.807, 2.05) is 13.8 Å². The molecule has 0 saturated carbocycles. The summed E-state index contributed by atoms with van der Waals surface area (Å²) in [4.78, 5) is 13.5. The highest BCUT2D eigenvalue weighted by Crippen LogP contribution is 2.19. The highest BCUT2D eigenvalue weighted by atomic mass is 16.4. The molecule has 1 rings (SSSR count). The maximum Gasteiger partial charge on any atom is 0.339 e. The van der Waals surface area contributed by atoms with Crippen molar-refractivity contribution in [3.05, 3.63) is 17.3 Å². The highest BCUT2D eigenvalue weighted by molar-refractivity contribution is 5.94. The molecular weight excluding hydrogens is 168 g/mol. The third-order valence-electron chi connectivity index (χ3n) is 1.83. The molecule has 0 bridgehead atoms. The molecule has 4 heteroatoms. The van der Waals surface area contributed by atoms with E-state index >= 15 is 0 Å². The Bertz CT molecular complexity index is 315. The molecule has 13 heavy (non-hydrogen) atoms. The molecule has 0 amide bonds. The van der Waals surface area contributed by atoms with Crippen molar-refractivity contribution >= 4 is 11.8 Å². The lowest BCUT2D eigenvalue weighted by molar-refractivity contribution is 0.0697. The van der Waals surface area contributed by atoms with Gasteiger partial charge in [0.25, 0.3) is 0 Å². The van der Waals surface area contributed by atoms with E-state index in [2.05, 4.69) is 4.98 Å². The fraction of sp³-hybridized carbons (Fsp3) is 0.444. The van der Waals surface area contributed by atoms with Gasteiger partial charge in [-0.3, -0.25) is 0 Å². The van der Waals surface area contributed by atoms with E-state index in [0.29, 0.717) is 5.92 Å². The number of nitrogen functional groups attached to an aromatic ring is 1. The average molecular weight is 182 g/mol. The molecule has 4 nitrogen and oxygen atoms in total. The number of carbonyl (C=O) groups is 1. The third-order valence-corrected chi connectivity index (χ3v) is 1.83. The number of anilines is 1. The number of carboxylic acids is 1. The van der Waals surface area contributed by atoms with Crippen molar-refractivity contribution in [1.29, 1.82) is 0 Å². The van der Waals surface area contributed by atoms with Gasteiger partial charge in [-0.05, 0) is 17.9 Å². The number of aromatic nitrogens is 1. The zero-order valence-corrected chi connectivity index (χ0v) is 7.79. The van der Waals surface area contributed by atoms with Gasteiger partial charge in [-0.15, -0.1) is 0 Å². The van der Waals surface area contributed by atoms with E-state index in [1.165, 1.54) is 0 Å². The number of aromatic amines is 1. The van der Waals surface area contributed by atoms with Gasteiger partial charge in [-0.1, -0.05) is 13.8 Å². The van der Waals surface area contributed by atoms with Crippen LogP contribution in [0, 0.1) is 5.92 Å². The molecule has 0 atom stereocenters. The topological polar surface area (TPSA) is 79.1 Å². The minimum absolute atomic E-state index is 0.216. The van der Waals surface area contributed by atoms with Crippen LogP contribution in [0.3, 0.4) is 0 Å². The fourth-order valence-electron chi connectivity index (χ4n) is 1.34. The molecule has 0 aliphatic heterocycles. The minimum Gasteiger partial charge on any atom is -0.478 e. The van der Waals surface area contributed by atoms with Crippen LogP contribution in [-0.2, 0) is 6.42 Å². The lowest BCUT2D eigenvalue weighted by Crippen LogP contribution is -2.05. The van der Waals surface area contributed by atoms with Crippen LogP contribution in [0.15, 0.2) is 6.20 Å². The van der Waals surface area contributed by atoms with E-state index < -0.39 is 5.97 Å². The number of carboxylic acid groups (broad SMARTS) is 1. The number of nitrogens with two attached hydrogens (primary N) is 1. The summed E-state index contributed by atoms with van der Waals surface area (Å²) in [6.45, 7) is 4.07. The van der Waals surface area contributed by atoms with Gasteiger partial charge >= 0.3 is 5.97 Å². The summed E-state index contributed by atoms with van der Waals surface area (Å²) in [5.41, 5.74) is 6.48. The van der Waals surface area contributed by atoms with Crippen molar-refractivity contribution in [1.82, 2.24) is 4.98 Å². The molecule has 0 aromatic carbocycles. The van der Waals surface area contributed by atoms with Crippen molar-refractivity contribution in [2.75, 3.05) is 5.73 Å². The van der Waals surface area contributed by atoms with Crippen molar-refractivity contribution in [2.45, 2.75) is 20.3 Å². The monoisotopic (exact) mass is 182 g/mol. The zero-order chi connectivity index (χ0) is 10.0. The molecular formula is C9H14N2O2. The van der Waals surface area contributed by atoms with Gasteiger partial charge in [0.2, 0.25) is 0 Å². The Morgan fingerprint density at radius 1 is 1.69 bits per heavy atom. The molecule has 0 aliphatic rings. The van der Waals surface area contributed by atoms with Gasteiger partial charge in [0.15, 0.2) is 0 Å².